The molecule has 0 radical (unpaired) electrons. The molecule has 11 nitrogen and oxygen atoms in total. The molecule has 12 heteroatoms. The van der Waals surface area contributed by atoms with E-state index in [1.165, 1.54) is 10.0 Å². The number of carbonyl (C=O) groups is 5. The number of cyclic esters (lactones) is 1. The van der Waals surface area contributed by atoms with Gasteiger partial charge in [0.2, 0.25) is 18.1 Å². The average molecular weight is 569 g/mol. The summed E-state index contributed by atoms with van der Waals surface area (Å²) in [7, 11) is 0. The van der Waals surface area contributed by atoms with Crippen molar-refractivity contribution in [3.8, 4) is 0 Å². The Morgan fingerprint density at radius 3 is 2.50 bits per heavy atom. The quantitative estimate of drug-likeness (QED) is 0.487. The van der Waals surface area contributed by atoms with E-state index in [4.69, 9.17) is 21.1 Å². The lowest BCUT2D eigenvalue weighted by Gasteiger charge is -2.43. The first-order valence-corrected chi connectivity index (χ1v) is 13.5. The first-order chi connectivity index (χ1) is 19.3. The topological polar surface area (TPSA) is 134 Å². The minimum Gasteiger partial charge on any atom is -0.433 e. The Kier molecular flexibility index (Phi) is 8.32. The summed E-state index contributed by atoms with van der Waals surface area (Å²) in [5, 5.41) is 8.57. The lowest BCUT2D eigenvalue weighted by molar-refractivity contribution is -0.177. The van der Waals surface area contributed by atoms with Gasteiger partial charge in [0.05, 0.1) is 13.0 Å². The molecular weight excluding hydrogens is 540 g/mol. The van der Waals surface area contributed by atoms with Crippen LogP contribution in [0.4, 0.5) is 0 Å². The SMILES string of the molecule is O=C1C[C@H](NC(=O)[C@@H]2CCCN3C(=O)CC[C@H](NC(=O)c4ccccc4)C(=O)N23)C(OCc2ccc(Cl)cc2)O1. The van der Waals surface area contributed by atoms with Crippen LogP contribution in [0.25, 0.3) is 0 Å². The van der Waals surface area contributed by atoms with E-state index in [0.29, 0.717) is 23.4 Å². The standard InChI is InChI=1S/C28H29ClN4O7/c29-19-10-8-17(9-11-19)16-39-28-21(15-24(35)40-28)31-26(37)22-7-4-14-32-23(34)13-12-20(27(38)33(22)32)30-25(36)18-5-2-1-3-6-18/h1-3,5-6,8-11,20-22,28H,4,7,12-16H2,(H,30,36)(H,31,37)/t20-,21-,22-,28?/m0/s1. The van der Waals surface area contributed by atoms with Gasteiger partial charge in [-0.05, 0) is 49.1 Å². The molecule has 3 heterocycles. The molecular formula is C28H29ClN4O7. The van der Waals surface area contributed by atoms with E-state index < -0.39 is 48.1 Å². The molecule has 3 aliphatic rings. The average Bonchev–Trinajstić information content (AvgIpc) is 3.26. The molecule has 0 aromatic heterocycles. The summed E-state index contributed by atoms with van der Waals surface area (Å²) in [6.07, 6.45) is -0.156. The number of benzene rings is 2. The van der Waals surface area contributed by atoms with Crippen molar-refractivity contribution < 1.29 is 33.4 Å². The van der Waals surface area contributed by atoms with Gasteiger partial charge in [-0.25, -0.2) is 5.01 Å². The van der Waals surface area contributed by atoms with Gasteiger partial charge < -0.3 is 20.1 Å². The van der Waals surface area contributed by atoms with Gasteiger partial charge in [0.15, 0.2) is 0 Å². The van der Waals surface area contributed by atoms with E-state index in [2.05, 4.69) is 10.6 Å². The van der Waals surface area contributed by atoms with Gasteiger partial charge in [-0.3, -0.25) is 29.0 Å². The molecule has 2 aromatic rings. The molecule has 3 saturated heterocycles. The first kappa shape index (κ1) is 27.6. The maximum atomic E-state index is 13.7. The molecule has 2 N–H and O–H groups in total. The van der Waals surface area contributed by atoms with Gasteiger partial charge in [-0.15, -0.1) is 0 Å². The third-order valence-electron chi connectivity index (χ3n) is 7.12. The number of hydrazine groups is 1. The fourth-order valence-corrected chi connectivity index (χ4v) is 5.21. The Morgan fingerprint density at radius 2 is 1.75 bits per heavy atom. The highest BCUT2D eigenvalue weighted by Gasteiger charge is 2.46. The largest absolute Gasteiger partial charge is 0.433 e. The van der Waals surface area contributed by atoms with Crippen LogP contribution in [0, 0.1) is 0 Å². The molecule has 210 valence electrons. The molecule has 0 spiro atoms. The zero-order chi connectivity index (χ0) is 28.2. The molecule has 0 aliphatic carbocycles. The maximum absolute atomic E-state index is 13.7. The maximum Gasteiger partial charge on any atom is 0.310 e. The summed E-state index contributed by atoms with van der Waals surface area (Å²) < 4.78 is 11.1. The Labute approximate surface area is 235 Å². The molecule has 4 amide bonds. The summed E-state index contributed by atoms with van der Waals surface area (Å²) in [6, 6.07) is 12.7. The van der Waals surface area contributed by atoms with Crippen LogP contribution in [0.15, 0.2) is 54.6 Å². The van der Waals surface area contributed by atoms with Crippen molar-refractivity contribution in [1.29, 1.82) is 0 Å². The molecule has 3 aliphatic heterocycles. The van der Waals surface area contributed by atoms with Crippen LogP contribution in [0.3, 0.4) is 0 Å². The summed E-state index contributed by atoms with van der Waals surface area (Å²) in [5.74, 6) is -2.35. The number of hydrogen-bond donors (Lipinski definition) is 2. The van der Waals surface area contributed by atoms with E-state index in [-0.39, 0.29) is 38.3 Å². The highest BCUT2D eigenvalue weighted by Crippen LogP contribution is 2.26. The minimum atomic E-state index is -1.02. The number of fused-ring (bicyclic) bond motifs is 1. The molecule has 40 heavy (non-hydrogen) atoms. The van der Waals surface area contributed by atoms with Gasteiger partial charge in [-0.1, -0.05) is 41.9 Å². The number of hydrogen-bond acceptors (Lipinski definition) is 7. The third-order valence-corrected chi connectivity index (χ3v) is 7.38. The van der Waals surface area contributed by atoms with Crippen molar-refractivity contribution in [1.82, 2.24) is 20.7 Å². The van der Waals surface area contributed by atoms with Gasteiger partial charge in [-0.2, -0.15) is 0 Å². The van der Waals surface area contributed by atoms with Crippen LogP contribution in [0.2, 0.25) is 5.02 Å². The van der Waals surface area contributed by atoms with Crippen LogP contribution >= 0.6 is 11.6 Å². The summed E-state index contributed by atoms with van der Waals surface area (Å²) in [5.41, 5.74) is 1.18. The molecule has 0 saturated carbocycles. The Morgan fingerprint density at radius 1 is 1.00 bits per heavy atom. The van der Waals surface area contributed by atoms with Crippen LogP contribution in [0.1, 0.15) is 48.0 Å². The van der Waals surface area contributed by atoms with E-state index >= 15 is 0 Å². The van der Waals surface area contributed by atoms with Crippen molar-refractivity contribution in [2.45, 2.75) is 63.1 Å². The smallest absolute Gasteiger partial charge is 0.310 e. The van der Waals surface area contributed by atoms with Gasteiger partial charge in [0, 0.05) is 23.6 Å². The normalized spacial score (nSPS) is 24.7. The lowest BCUT2D eigenvalue weighted by Crippen LogP contribution is -2.64. The van der Waals surface area contributed by atoms with Crippen LogP contribution in [-0.4, -0.2) is 70.6 Å². The third kappa shape index (κ3) is 6.10. The second-order valence-corrected chi connectivity index (χ2v) is 10.3. The second kappa shape index (κ2) is 12.1. The molecule has 2 aromatic carbocycles. The molecule has 3 fully saturated rings. The number of amides is 4. The number of nitrogens with zero attached hydrogens (tertiary/aromatic N) is 2. The van der Waals surface area contributed by atoms with Gasteiger partial charge in [0.25, 0.3) is 11.8 Å². The molecule has 4 atom stereocenters. The van der Waals surface area contributed by atoms with Crippen molar-refractivity contribution in [3.63, 3.8) is 0 Å². The Hall–Kier alpha value is -3.96. The number of ether oxygens (including phenoxy) is 2. The van der Waals surface area contributed by atoms with Crippen molar-refractivity contribution in [2.75, 3.05) is 6.54 Å². The molecule has 5 rings (SSSR count). The van der Waals surface area contributed by atoms with Crippen LogP contribution in [0.5, 0.6) is 0 Å². The highest BCUT2D eigenvalue weighted by molar-refractivity contribution is 6.30. The monoisotopic (exact) mass is 568 g/mol. The zero-order valence-electron chi connectivity index (χ0n) is 21.6. The Bertz CT molecular complexity index is 1290. The van der Waals surface area contributed by atoms with Crippen LogP contribution in [-0.2, 0) is 35.3 Å². The predicted octanol–water partition coefficient (Wildman–Crippen LogP) is 1.94. The lowest BCUT2D eigenvalue weighted by atomic mass is 10.0. The fourth-order valence-electron chi connectivity index (χ4n) is 5.08. The van der Waals surface area contributed by atoms with E-state index in [1.807, 2.05) is 0 Å². The van der Waals surface area contributed by atoms with Crippen molar-refractivity contribution in [2.24, 2.45) is 0 Å². The summed E-state index contributed by atoms with van der Waals surface area (Å²) in [6.45, 7) is 0.409. The summed E-state index contributed by atoms with van der Waals surface area (Å²) >= 11 is 5.92. The number of carbonyl (C=O) groups excluding carboxylic acids is 5. The van der Waals surface area contributed by atoms with Crippen molar-refractivity contribution in [3.05, 3.63) is 70.7 Å². The van der Waals surface area contributed by atoms with E-state index in [9.17, 15) is 24.0 Å². The number of halogens is 1. The number of nitrogens with one attached hydrogen (secondary N) is 2. The van der Waals surface area contributed by atoms with Crippen molar-refractivity contribution >= 4 is 41.2 Å². The predicted molar refractivity (Wildman–Crippen MR) is 141 cm³/mol. The number of esters is 1. The summed E-state index contributed by atoms with van der Waals surface area (Å²) in [4.78, 5) is 65.0. The molecule has 0 bridgehead atoms. The minimum absolute atomic E-state index is 0.0435. The molecule has 1 unspecified atom stereocenters. The van der Waals surface area contributed by atoms with Crippen LogP contribution < -0.4 is 10.6 Å². The van der Waals surface area contributed by atoms with Gasteiger partial charge >= 0.3 is 5.97 Å². The van der Waals surface area contributed by atoms with E-state index in [1.54, 1.807) is 54.6 Å². The Balaban J connectivity index is 1.28. The first-order valence-electron chi connectivity index (χ1n) is 13.2. The van der Waals surface area contributed by atoms with Gasteiger partial charge in [0.1, 0.15) is 18.1 Å². The zero-order valence-corrected chi connectivity index (χ0v) is 22.3. The number of rotatable bonds is 7. The fraction of sp³-hybridized carbons (Fsp3) is 0.393. The van der Waals surface area contributed by atoms with E-state index in [0.717, 1.165) is 5.56 Å². The second-order valence-electron chi connectivity index (χ2n) is 9.90. The highest BCUT2D eigenvalue weighted by atomic mass is 35.5.